The first-order chi connectivity index (χ1) is 18.0. The van der Waals surface area contributed by atoms with Gasteiger partial charge in [-0.3, -0.25) is 4.79 Å². The molecule has 1 aliphatic heterocycles. The molecule has 0 spiro atoms. The number of aliphatic hydroxyl groups excluding tert-OH is 1. The quantitative estimate of drug-likeness (QED) is 0.226. The van der Waals surface area contributed by atoms with Gasteiger partial charge in [0, 0.05) is 44.7 Å². The van der Waals surface area contributed by atoms with E-state index in [2.05, 4.69) is 37.2 Å². The first kappa shape index (κ1) is 38.7. The molecule has 4 unspecified atom stereocenters. The van der Waals surface area contributed by atoms with Crippen molar-refractivity contribution in [2.45, 2.75) is 78.0 Å². The first-order valence-electron chi connectivity index (χ1n) is 14.3. The van der Waals surface area contributed by atoms with Gasteiger partial charge in [-0.2, -0.15) is 0 Å². The predicted molar refractivity (Wildman–Crippen MR) is 167 cm³/mol. The third-order valence-corrected chi connectivity index (χ3v) is 7.86. The lowest BCUT2D eigenvalue weighted by Crippen LogP contribution is -2.45. The molecule has 0 radical (unpaired) electrons. The van der Waals surface area contributed by atoms with Gasteiger partial charge in [-0.1, -0.05) is 33.8 Å². The fourth-order valence-corrected chi connectivity index (χ4v) is 5.22. The van der Waals surface area contributed by atoms with Crippen LogP contribution in [0.1, 0.15) is 58.9 Å². The second-order valence-electron chi connectivity index (χ2n) is 11.7. The van der Waals surface area contributed by atoms with Gasteiger partial charge in [0.1, 0.15) is 0 Å². The SMILES string of the molecule is COCCCOc1cc(CC(CC(N)C(O)CC(C(=O)N[C@@H]2CCN(C)C2)C(C)C)C(C)C)ccc1OC.Cl.Cl. The minimum atomic E-state index is -0.740. The van der Waals surface area contributed by atoms with Crippen LogP contribution in [0.3, 0.4) is 0 Å². The molecular weight excluding hydrogens is 553 g/mol. The summed E-state index contributed by atoms with van der Waals surface area (Å²) in [5.74, 6) is 1.98. The Morgan fingerprint density at radius 3 is 2.35 bits per heavy atom. The molecule has 1 aromatic carbocycles. The van der Waals surface area contributed by atoms with E-state index in [1.165, 1.54) is 0 Å². The Hall–Kier alpha value is -1.29. The minimum Gasteiger partial charge on any atom is -0.493 e. The molecule has 10 heteroatoms. The Balaban J connectivity index is 0.00000760. The van der Waals surface area contributed by atoms with Gasteiger partial charge in [-0.15, -0.1) is 24.8 Å². The summed E-state index contributed by atoms with van der Waals surface area (Å²) in [5, 5.41) is 14.3. The molecule has 0 bridgehead atoms. The van der Waals surface area contributed by atoms with Crippen molar-refractivity contribution < 1.29 is 24.1 Å². The van der Waals surface area contributed by atoms with E-state index >= 15 is 0 Å². The van der Waals surface area contributed by atoms with Gasteiger partial charge in [0.25, 0.3) is 0 Å². The van der Waals surface area contributed by atoms with Crippen LogP contribution in [-0.4, -0.2) is 81.7 Å². The van der Waals surface area contributed by atoms with Gasteiger partial charge in [0.15, 0.2) is 11.5 Å². The average Bonchev–Trinajstić information content (AvgIpc) is 3.28. The molecule has 234 valence electrons. The first-order valence-corrected chi connectivity index (χ1v) is 14.3. The van der Waals surface area contributed by atoms with Gasteiger partial charge < -0.3 is 35.3 Å². The predicted octanol–water partition coefficient (Wildman–Crippen LogP) is 4.33. The summed E-state index contributed by atoms with van der Waals surface area (Å²) in [7, 11) is 5.40. The van der Waals surface area contributed by atoms with E-state index in [1.807, 2.05) is 26.0 Å². The van der Waals surface area contributed by atoms with E-state index < -0.39 is 12.1 Å². The maximum atomic E-state index is 13.1. The number of hydrogen-bond acceptors (Lipinski definition) is 7. The molecule has 1 fully saturated rings. The highest BCUT2D eigenvalue weighted by Gasteiger charge is 2.31. The summed E-state index contributed by atoms with van der Waals surface area (Å²) in [6, 6.07) is 5.84. The molecule has 1 saturated heterocycles. The highest BCUT2D eigenvalue weighted by Crippen LogP contribution is 2.32. The van der Waals surface area contributed by atoms with Crippen LogP contribution in [0.2, 0.25) is 0 Å². The molecule has 1 aromatic rings. The monoisotopic (exact) mass is 607 g/mol. The Bertz CT molecular complexity index is 846. The van der Waals surface area contributed by atoms with E-state index in [-0.39, 0.29) is 54.5 Å². The normalized spacial score (nSPS) is 18.4. The van der Waals surface area contributed by atoms with Crippen molar-refractivity contribution in [3.63, 3.8) is 0 Å². The standard InChI is InChI=1S/C30H53N3O5.2ClH/c1-20(2)23(15-22-9-10-28(37-7)29(16-22)38-14-8-13-36-6)17-26(31)27(34)18-25(21(3)4)30(35)32-24-11-12-33(5)19-24;;/h9-10,16,20-21,23-27,34H,8,11-15,17-19,31H2,1-7H3,(H,32,35);2*1H/t23?,24-,25?,26?,27?;;/m1../s1. The molecule has 0 saturated carbocycles. The smallest absolute Gasteiger partial charge is 0.223 e. The van der Waals surface area contributed by atoms with Gasteiger partial charge in [-0.25, -0.2) is 0 Å². The van der Waals surface area contributed by atoms with Crippen LogP contribution in [0.4, 0.5) is 0 Å². The number of likely N-dealkylation sites (tertiary alicyclic amines) is 1. The molecule has 8 nitrogen and oxygen atoms in total. The Kier molecular flexibility index (Phi) is 19.1. The molecular formula is C30H55Cl2N3O5. The van der Waals surface area contributed by atoms with Crippen LogP contribution >= 0.6 is 24.8 Å². The summed E-state index contributed by atoms with van der Waals surface area (Å²) in [6.45, 7) is 11.5. The number of nitrogens with one attached hydrogen (secondary N) is 1. The van der Waals surface area contributed by atoms with Crippen LogP contribution in [-0.2, 0) is 16.0 Å². The zero-order valence-electron chi connectivity index (χ0n) is 25.6. The number of carbonyl (C=O) groups is 1. The van der Waals surface area contributed by atoms with Gasteiger partial charge >= 0.3 is 0 Å². The molecule has 4 N–H and O–H groups in total. The number of hydrogen-bond donors (Lipinski definition) is 3. The Labute approximate surface area is 254 Å². The molecule has 0 aliphatic carbocycles. The van der Waals surface area contributed by atoms with Crippen LogP contribution in [0.25, 0.3) is 0 Å². The van der Waals surface area contributed by atoms with Crippen LogP contribution < -0.4 is 20.5 Å². The van der Waals surface area contributed by atoms with Gasteiger partial charge in [0.05, 0.1) is 19.8 Å². The lowest BCUT2D eigenvalue weighted by atomic mass is 9.80. The van der Waals surface area contributed by atoms with Crippen molar-refractivity contribution in [3.8, 4) is 11.5 Å². The highest BCUT2D eigenvalue weighted by molar-refractivity contribution is 5.85. The number of nitrogens with two attached hydrogens (primary N) is 1. The third kappa shape index (κ3) is 12.7. The van der Waals surface area contributed by atoms with Gasteiger partial charge in [-0.05, 0) is 74.7 Å². The van der Waals surface area contributed by atoms with E-state index in [0.29, 0.717) is 37.7 Å². The van der Waals surface area contributed by atoms with Crippen molar-refractivity contribution in [3.05, 3.63) is 23.8 Å². The fourth-order valence-electron chi connectivity index (χ4n) is 5.22. The second kappa shape index (κ2) is 19.8. The molecule has 1 aliphatic rings. The average molecular weight is 609 g/mol. The van der Waals surface area contributed by atoms with Crippen LogP contribution in [0, 0.1) is 23.7 Å². The number of ether oxygens (including phenoxy) is 3. The summed E-state index contributed by atoms with van der Waals surface area (Å²) in [6.07, 6.45) is 2.90. The molecule has 5 atom stereocenters. The van der Waals surface area contributed by atoms with E-state index in [0.717, 1.165) is 43.7 Å². The zero-order valence-corrected chi connectivity index (χ0v) is 27.2. The Morgan fingerprint density at radius 1 is 1.10 bits per heavy atom. The lowest BCUT2D eigenvalue weighted by molar-refractivity contribution is -0.128. The second-order valence-corrected chi connectivity index (χ2v) is 11.7. The summed E-state index contributed by atoms with van der Waals surface area (Å²) in [5.41, 5.74) is 7.71. The third-order valence-electron chi connectivity index (χ3n) is 7.86. The topological polar surface area (TPSA) is 106 Å². The maximum Gasteiger partial charge on any atom is 0.223 e. The summed E-state index contributed by atoms with van der Waals surface area (Å²) >= 11 is 0. The van der Waals surface area contributed by atoms with Crippen molar-refractivity contribution in [1.82, 2.24) is 10.2 Å². The number of methoxy groups -OCH3 is 2. The zero-order chi connectivity index (χ0) is 28.2. The highest BCUT2D eigenvalue weighted by atomic mass is 35.5. The number of halogens is 2. The van der Waals surface area contributed by atoms with Crippen LogP contribution in [0.15, 0.2) is 18.2 Å². The Morgan fingerprint density at radius 2 is 1.80 bits per heavy atom. The number of amides is 1. The number of benzene rings is 1. The number of carbonyl (C=O) groups excluding carboxylic acids is 1. The lowest BCUT2D eigenvalue weighted by Gasteiger charge is -2.30. The largest absolute Gasteiger partial charge is 0.493 e. The van der Waals surface area contributed by atoms with Crippen molar-refractivity contribution in [2.75, 3.05) is 47.6 Å². The maximum absolute atomic E-state index is 13.1. The molecule has 2 rings (SSSR count). The van der Waals surface area contributed by atoms with E-state index in [1.54, 1.807) is 14.2 Å². The van der Waals surface area contributed by atoms with Crippen LogP contribution in [0.5, 0.6) is 11.5 Å². The minimum absolute atomic E-state index is 0. The molecule has 1 heterocycles. The molecule has 1 amide bonds. The fraction of sp³-hybridized carbons (Fsp3) is 0.767. The number of rotatable bonds is 17. The van der Waals surface area contributed by atoms with Crippen molar-refractivity contribution in [2.24, 2.45) is 29.4 Å². The number of nitrogens with zero attached hydrogens (tertiary/aromatic N) is 1. The number of likely N-dealkylation sites (N-methyl/N-ethyl adjacent to an activating group) is 1. The summed E-state index contributed by atoms with van der Waals surface area (Å²) < 4.78 is 16.6. The summed E-state index contributed by atoms with van der Waals surface area (Å²) in [4.78, 5) is 15.3. The van der Waals surface area contributed by atoms with Crippen molar-refractivity contribution in [1.29, 1.82) is 0 Å². The van der Waals surface area contributed by atoms with E-state index in [4.69, 9.17) is 19.9 Å². The molecule has 40 heavy (non-hydrogen) atoms. The van der Waals surface area contributed by atoms with E-state index in [9.17, 15) is 9.90 Å². The van der Waals surface area contributed by atoms with Gasteiger partial charge in [0.2, 0.25) is 5.91 Å². The number of aliphatic hydroxyl groups is 1. The van der Waals surface area contributed by atoms with Crippen molar-refractivity contribution >= 4 is 30.7 Å². The molecule has 0 aromatic heterocycles.